The van der Waals surface area contributed by atoms with Gasteiger partial charge < -0.3 is 44.3 Å². The van der Waals surface area contributed by atoms with Crippen LogP contribution in [0.1, 0.15) is 58.1 Å². The van der Waals surface area contributed by atoms with Gasteiger partial charge in [0.15, 0.2) is 12.0 Å². The van der Waals surface area contributed by atoms with E-state index in [1.54, 1.807) is 6.07 Å². The number of amides is 1. The van der Waals surface area contributed by atoms with Gasteiger partial charge in [0.1, 0.15) is 41.6 Å². The number of piperazine rings is 1. The summed E-state index contributed by atoms with van der Waals surface area (Å²) in [5.74, 6) is 0.0784. The molecular formula is C41H56N4O10S. The third-order valence-corrected chi connectivity index (χ3v) is 12.7. The van der Waals surface area contributed by atoms with E-state index in [0.717, 1.165) is 22.7 Å². The van der Waals surface area contributed by atoms with Gasteiger partial charge in [-0.05, 0) is 56.5 Å². The number of aliphatic hydroxyl groups is 4. The van der Waals surface area contributed by atoms with Gasteiger partial charge >= 0.3 is 0 Å². The molecule has 0 bridgehead atoms. The van der Waals surface area contributed by atoms with Gasteiger partial charge in [0.05, 0.1) is 23.5 Å². The molecule has 0 aliphatic carbocycles. The van der Waals surface area contributed by atoms with Crippen LogP contribution in [0, 0.1) is 0 Å². The topological polar surface area (TPSA) is 186 Å². The van der Waals surface area contributed by atoms with Crippen LogP contribution in [0.3, 0.4) is 0 Å². The van der Waals surface area contributed by atoms with Gasteiger partial charge in [0.2, 0.25) is 11.6 Å². The summed E-state index contributed by atoms with van der Waals surface area (Å²) in [4.78, 5) is 19.2. The summed E-state index contributed by atoms with van der Waals surface area (Å²) in [5.41, 5.74) is 5.36. The minimum atomic E-state index is -4.65. The van der Waals surface area contributed by atoms with Crippen molar-refractivity contribution < 1.29 is 52.2 Å². The molecule has 0 spiro atoms. The molecule has 2 fully saturated rings. The molecule has 56 heavy (non-hydrogen) atoms. The van der Waals surface area contributed by atoms with Gasteiger partial charge in [0, 0.05) is 80.2 Å². The van der Waals surface area contributed by atoms with Crippen molar-refractivity contribution in [1.29, 1.82) is 0 Å². The van der Waals surface area contributed by atoms with Gasteiger partial charge in [-0.15, -0.1) is 0 Å². The molecule has 15 heteroatoms. The van der Waals surface area contributed by atoms with Crippen LogP contribution in [0.25, 0.3) is 0 Å². The van der Waals surface area contributed by atoms with Gasteiger partial charge in [-0.1, -0.05) is 38.1 Å². The average Bonchev–Trinajstić information content (AvgIpc) is 3.50. The summed E-state index contributed by atoms with van der Waals surface area (Å²) in [6.45, 7) is 11.7. The summed E-state index contributed by atoms with van der Waals surface area (Å²) in [7, 11) is -2.58. The Bertz CT molecular complexity index is 1970. The minimum absolute atomic E-state index is 0.0784. The van der Waals surface area contributed by atoms with E-state index in [0.29, 0.717) is 58.5 Å². The number of hydrogen-bond donors (Lipinski definition) is 4. The Morgan fingerprint density at radius 2 is 1.68 bits per heavy atom. The lowest BCUT2D eigenvalue weighted by atomic mass is 9.81. The number of hydrogen-bond acceptors (Lipinski definition) is 12. The van der Waals surface area contributed by atoms with Crippen molar-refractivity contribution in [1.82, 2.24) is 9.80 Å². The minimum Gasteiger partial charge on any atom is -0.744 e. The average molecular weight is 797 g/mol. The molecule has 0 saturated carbocycles. The fraction of sp³-hybridized carbons (Fsp3) is 0.561. The van der Waals surface area contributed by atoms with Crippen molar-refractivity contribution in [2.45, 2.75) is 93.4 Å². The van der Waals surface area contributed by atoms with Crippen molar-refractivity contribution in [2.24, 2.45) is 0 Å². The highest BCUT2D eigenvalue weighted by Crippen LogP contribution is 2.49. The first-order chi connectivity index (χ1) is 26.5. The molecule has 2 aromatic carbocycles. The van der Waals surface area contributed by atoms with Crippen LogP contribution >= 0.6 is 0 Å². The normalized spacial score (nSPS) is 27.0. The highest BCUT2D eigenvalue weighted by atomic mass is 32.2. The monoisotopic (exact) mass is 796 g/mol. The molecule has 0 aromatic heterocycles. The molecule has 4 aliphatic heterocycles. The summed E-state index contributed by atoms with van der Waals surface area (Å²) in [5, 5.41) is 39.5. The van der Waals surface area contributed by atoms with Gasteiger partial charge in [0.25, 0.3) is 0 Å². The van der Waals surface area contributed by atoms with Crippen LogP contribution in [0.15, 0.2) is 71.3 Å². The predicted molar refractivity (Wildman–Crippen MR) is 209 cm³/mol. The molecule has 4 N–H and O–H groups in total. The van der Waals surface area contributed by atoms with E-state index in [2.05, 4.69) is 65.6 Å². The van der Waals surface area contributed by atoms with E-state index in [1.807, 2.05) is 30.9 Å². The Morgan fingerprint density at radius 1 is 0.964 bits per heavy atom. The number of nitrogens with zero attached hydrogens (tertiary/aromatic N) is 4. The maximum absolute atomic E-state index is 13.2. The largest absolute Gasteiger partial charge is 0.744 e. The maximum Gasteiger partial charge on any atom is 0.222 e. The zero-order valence-electron chi connectivity index (χ0n) is 32.9. The van der Waals surface area contributed by atoms with E-state index in [9.17, 15) is 38.2 Å². The van der Waals surface area contributed by atoms with Crippen LogP contribution in [0.2, 0.25) is 0 Å². The Morgan fingerprint density at radius 3 is 2.36 bits per heavy atom. The summed E-state index contributed by atoms with van der Waals surface area (Å²) < 4.78 is 49.3. The summed E-state index contributed by atoms with van der Waals surface area (Å²) in [6.07, 6.45) is 1.42. The summed E-state index contributed by atoms with van der Waals surface area (Å²) >= 11 is 0. The molecule has 14 nitrogen and oxygen atoms in total. The van der Waals surface area contributed by atoms with Crippen LogP contribution in [0.5, 0.6) is 0 Å². The molecule has 4 heterocycles. The van der Waals surface area contributed by atoms with E-state index in [1.165, 1.54) is 23.4 Å². The number of benzene rings is 2. The van der Waals surface area contributed by atoms with Crippen molar-refractivity contribution >= 4 is 33.1 Å². The van der Waals surface area contributed by atoms with Crippen LogP contribution in [0.4, 0.5) is 11.4 Å². The lowest BCUT2D eigenvalue weighted by molar-refractivity contribution is -0.401. The number of anilines is 1. The van der Waals surface area contributed by atoms with Crippen LogP contribution in [-0.2, 0) is 35.2 Å². The van der Waals surface area contributed by atoms with Crippen LogP contribution < -0.4 is 4.90 Å². The lowest BCUT2D eigenvalue weighted by Gasteiger charge is -2.40. The van der Waals surface area contributed by atoms with Gasteiger partial charge in [-0.2, -0.15) is 4.58 Å². The first-order valence-corrected chi connectivity index (χ1v) is 20.8. The zero-order valence-corrected chi connectivity index (χ0v) is 33.7. The lowest BCUT2D eigenvalue weighted by Crippen LogP contribution is -2.59. The van der Waals surface area contributed by atoms with E-state index in [4.69, 9.17) is 9.47 Å². The number of carbonyl (C=O) groups is 1. The Hall–Kier alpha value is -3.51. The molecule has 306 valence electrons. The Kier molecular flexibility index (Phi) is 12.6. The highest BCUT2D eigenvalue weighted by molar-refractivity contribution is 7.85. The fourth-order valence-corrected chi connectivity index (χ4v) is 9.01. The third kappa shape index (κ3) is 8.38. The fourth-order valence-electron chi connectivity index (χ4n) is 8.51. The number of unbranched alkanes of at least 4 members (excludes halogenated alkanes) is 1. The van der Waals surface area contributed by atoms with E-state index >= 15 is 0 Å². The van der Waals surface area contributed by atoms with Crippen molar-refractivity contribution in [3.8, 4) is 0 Å². The van der Waals surface area contributed by atoms with Gasteiger partial charge in [-0.3, -0.25) is 9.69 Å². The summed E-state index contributed by atoms with van der Waals surface area (Å²) in [6, 6.07) is 13.0. The molecule has 0 unspecified atom stereocenters. The molecular weight excluding hydrogens is 741 g/mol. The highest BCUT2D eigenvalue weighted by Gasteiger charge is 2.45. The van der Waals surface area contributed by atoms with Crippen molar-refractivity contribution in [2.75, 3.05) is 64.4 Å². The molecule has 5 atom stereocenters. The third-order valence-electron chi connectivity index (χ3n) is 11.9. The zero-order chi connectivity index (χ0) is 40.6. The second-order valence-corrected chi connectivity index (χ2v) is 17.5. The maximum atomic E-state index is 13.2. The number of ether oxygens (including phenoxy) is 2. The number of carbonyl (C=O) groups excluding carboxylic acids is 1. The number of aliphatic hydroxyl groups excluding tert-OH is 4. The second-order valence-electron chi connectivity index (χ2n) is 16.2. The second kappa shape index (κ2) is 16.8. The molecule has 6 rings (SSSR count). The number of fused-ring (bicyclic) bond motifs is 2. The standard InChI is InChI=1S/C41H56N4O10S/c1-40(2)28-11-6-7-12-30(28)42(5)33(40)13-10-14-34-41(3,4)29-25-27(56(51,52)53)16-17-31(29)45(34)18-9-8-15-35(47)44-21-19-43(20-22-44)23-24-54-39-38(50)37(49)36(48)32(26-46)55-39/h6-7,10-14,16-17,25,32,36-39,46,48-50H,8-9,15,18-24,26H2,1-5H3/t32-,36-,37+,38-,39+/m1/s1. The van der Waals surface area contributed by atoms with Crippen LogP contribution in [-0.4, -0.2) is 150 Å². The number of allylic oxidation sites excluding steroid dienone is 4. The predicted octanol–water partition coefficient (Wildman–Crippen LogP) is 1.97. The Labute approximate surface area is 329 Å². The molecule has 2 aromatic rings. The SMILES string of the molecule is C[N+]1=C(/C=C/C=C2/N(CCCCC(=O)N3CCN(CCO[C@H]4O[C@H](CO)[C@@H](O)[C@H](O)[C@H]4O)CC3)c3ccc(S(=O)(=O)[O-])cc3C2(C)C)C(C)(C)c2ccccc21. The Balaban J connectivity index is 1.05. The van der Waals surface area contributed by atoms with Crippen molar-refractivity contribution in [3.05, 3.63) is 77.5 Å². The first kappa shape index (κ1) is 42.1. The smallest absolute Gasteiger partial charge is 0.222 e. The quantitative estimate of drug-likeness (QED) is 0.132. The van der Waals surface area contributed by atoms with Crippen molar-refractivity contribution in [3.63, 3.8) is 0 Å². The van der Waals surface area contributed by atoms with E-state index < -0.39 is 52.8 Å². The van der Waals surface area contributed by atoms with Gasteiger partial charge in [-0.25, -0.2) is 8.42 Å². The molecule has 1 amide bonds. The molecule has 4 aliphatic rings. The van der Waals surface area contributed by atoms with E-state index in [-0.39, 0.29) is 22.8 Å². The number of para-hydroxylation sites is 1. The molecule has 0 radical (unpaired) electrons. The number of rotatable bonds is 13. The first-order valence-electron chi connectivity index (χ1n) is 19.4. The molecule has 2 saturated heterocycles.